The van der Waals surface area contributed by atoms with Crippen LogP contribution in [0.3, 0.4) is 0 Å². The van der Waals surface area contributed by atoms with E-state index in [2.05, 4.69) is 46.3 Å². The summed E-state index contributed by atoms with van der Waals surface area (Å²) in [5.41, 5.74) is 8.55. The van der Waals surface area contributed by atoms with Gasteiger partial charge in [0.1, 0.15) is 5.82 Å². The molecule has 0 saturated carbocycles. The summed E-state index contributed by atoms with van der Waals surface area (Å²) in [4.78, 5) is 6.72. The molecule has 98 valence electrons. The molecule has 2 heterocycles. The van der Waals surface area contributed by atoms with Crippen molar-refractivity contribution in [2.45, 2.75) is 25.4 Å². The zero-order valence-corrected chi connectivity index (χ0v) is 11.0. The van der Waals surface area contributed by atoms with Crippen molar-refractivity contribution in [1.82, 2.24) is 9.88 Å². The normalized spacial score (nSPS) is 19.7. The van der Waals surface area contributed by atoms with Gasteiger partial charge in [0.2, 0.25) is 0 Å². The Bertz CT molecular complexity index is 539. The maximum atomic E-state index is 6.02. The van der Waals surface area contributed by atoms with Crippen molar-refractivity contribution in [3.63, 3.8) is 0 Å². The fraction of sp³-hybridized carbons (Fsp3) is 0.312. The van der Waals surface area contributed by atoms with E-state index in [-0.39, 0.29) is 0 Å². The highest BCUT2D eigenvalue weighted by Gasteiger charge is 2.27. The van der Waals surface area contributed by atoms with E-state index in [1.54, 1.807) is 6.20 Å². The van der Waals surface area contributed by atoms with Crippen molar-refractivity contribution in [2.24, 2.45) is 0 Å². The minimum Gasteiger partial charge on any atom is -0.383 e. The second kappa shape index (κ2) is 5.41. The number of hydrogen-bond acceptors (Lipinski definition) is 3. The van der Waals surface area contributed by atoms with E-state index in [9.17, 15) is 0 Å². The van der Waals surface area contributed by atoms with Crippen LogP contribution in [0.1, 0.15) is 30.0 Å². The molecule has 3 rings (SSSR count). The molecule has 1 fully saturated rings. The lowest BCUT2D eigenvalue weighted by Crippen LogP contribution is -2.23. The van der Waals surface area contributed by atoms with E-state index in [0.717, 1.165) is 13.1 Å². The first-order valence-corrected chi connectivity index (χ1v) is 6.83. The molecule has 0 aliphatic carbocycles. The highest BCUT2D eigenvalue weighted by atomic mass is 15.2. The van der Waals surface area contributed by atoms with Crippen LogP contribution in [0.25, 0.3) is 0 Å². The maximum Gasteiger partial charge on any atom is 0.128 e. The zero-order chi connectivity index (χ0) is 13.1. The van der Waals surface area contributed by atoms with Crippen molar-refractivity contribution < 1.29 is 0 Å². The number of anilines is 1. The van der Waals surface area contributed by atoms with E-state index in [0.29, 0.717) is 11.9 Å². The van der Waals surface area contributed by atoms with E-state index in [4.69, 9.17) is 5.73 Å². The van der Waals surface area contributed by atoms with Crippen molar-refractivity contribution in [1.29, 1.82) is 0 Å². The molecule has 0 amide bonds. The molecule has 1 aliphatic heterocycles. The number of rotatable bonds is 3. The van der Waals surface area contributed by atoms with Crippen LogP contribution in [0.15, 0.2) is 48.7 Å². The number of benzene rings is 1. The van der Waals surface area contributed by atoms with Crippen LogP contribution in [-0.2, 0) is 6.54 Å². The summed E-state index contributed by atoms with van der Waals surface area (Å²) in [6.45, 7) is 2.12. The summed E-state index contributed by atoms with van der Waals surface area (Å²) in [5, 5.41) is 0. The van der Waals surface area contributed by atoms with Gasteiger partial charge >= 0.3 is 0 Å². The Labute approximate surface area is 114 Å². The summed E-state index contributed by atoms with van der Waals surface area (Å²) in [6, 6.07) is 15.1. The molecule has 3 nitrogen and oxygen atoms in total. The monoisotopic (exact) mass is 253 g/mol. The molecule has 0 unspecified atom stereocenters. The van der Waals surface area contributed by atoms with Crippen LogP contribution >= 0.6 is 0 Å². The van der Waals surface area contributed by atoms with Crippen LogP contribution in [0.2, 0.25) is 0 Å². The Morgan fingerprint density at radius 3 is 2.79 bits per heavy atom. The lowest BCUT2D eigenvalue weighted by Gasteiger charge is -2.25. The molecule has 0 spiro atoms. The van der Waals surface area contributed by atoms with Crippen molar-refractivity contribution >= 4 is 5.82 Å². The predicted octanol–water partition coefficient (Wildman–Crippen LogP) is 3.00. The number of nitrogens with zero attached hydrogens (tertiary/aromatic N) is 2. The molecular weight excluding hydrogens is 234 g/mol. The molecule has 2 aromatic rings. The quantitative estimate of drug-likeness (QED) is 0.914. The minimum atomic E-state index is 0.411. The third kappa shape index (κ3) is 2.61. The fourth-order valence-electron chi connectivity index (χ4n) is 2.90. The topological polar surface area (TPSA) is 42.1 Å². The average molecular weight is 253 g/mol. The zero-order valence-electron chi connectivity index (χ0n) is 11.0. The predicted molar refractivity (Wildman–Crippen MR) is 77.5 cm³/mol. The van der Waals surface area contributed by atoms with Crippen molar-refractivity contribution in [3.8, 4) is 0 Å². The van der Waals surface area contributed by atoms with E-state index >= 15 is 0 Å². The number of nitrogen functional groups attached to an aromatic ring is 1. The first-order valence-electron chi connectivity index (χ1n) is 6.83. The molecule has 3 heteroatoms. The van der Waals surface area contributed by atoms with Crippen LogP contribution in [0, 0.1) is 0 Å². The smallest absolute Gasteiger partial charge is 0.128 e. The van der Waals surface area contributed by atoms with Gasteiger partial charge < -0.3 is 5.73 Å². The van der Waals surface area contributed by atoms with Gasteiger partial charge in [-0.1, -0.05) is 36.4 Å². The van der Waals surface area contributed by atoms with Gasteiger partial charge in [0.05, 0.1) is 0 Å². The van der Waals surface area contributed by atoms with Gasteiger partial charge in [-0.15, -0.1) is 0 Å². The van der Waals surface area contributed by atoms with Gasteiger partial charge in [-0.2, -0.15) is 0 Å². The van der Waals surface area contributed by atoms with Gasteiger partial charge in [0.15, 0.2) is 0 Å². The number of aromatic nitrogens is 1. The van der Waals surface area contributed by atoms with Gasteiger partial charge in [0, 0.05) is 24.3 Å². The molecule has 1 aromatic carbocycles. The number of hydrogen-bond donors (Lipinski definition) is 1. The molecule has 1 atom stereocenters. The van der Waals surface area contributed by atoms with Crippen molar-refractivity contribution in [2.75, 3.05) is 12.3 Å². The van der Waals surface area contributed by atoms with Gasteiger partial charge in [0.25, 0.3) is 0 Å². The summed E-state index contributed by atoms with van der Waals surface area (Å²) >= 11 is 0. The van der Waals surface area contributed by atoms with Crippen molar-refractivity contribution in [3.05, 3.63) is 59.8 Å². The Balaban J connectivity index is 1.81. The summed E-state index contributed by atoms with van der Waals surface area (Å²) in [6.07, 6.45) is 4.16. The van der Waals surface area contributed by atoms with E-state index < -0.39 is 0 Å². The first kappa shape index (κ1) is 12.2. The fourth-order valence-corrected chi connectivity index (χ4v) is 2.90. The third-order valence-corrected chi connectivity index (χ3v) is 3.82. The van der Waals surface area contributed by atoms with E-state index in [1.807, 2.05) is 6.07 Å². The van der Waals surface area contributed by atoms with Crippen LogP contribution in [0.4, 0.5) is 5.82 Å². The lowest BCUT2D eigenvalue weighted by molar-refractivity contribution is 0.249. The first-order chi connectivity index (χ1) is 9.34. The SMILES string of the molecule is Nc1ncccc1[C@@H]1CCCN1Cc1ccccc1. The highest BCUT2D eigenvalue weighted by Crippen LogP contribution is 2.34. The number of pyridine rings is 1. The van der Waals surface area contributed by atoms with Crippen LogP contribution < -0.4 is 5.73 Å². The molecule has 19 heavy (non-hydrogen) atoms. The van der Waals surface area contributed by atoms with Gasteiger partial charge in [-0.25, -0.2) is 4.98 Å². The molecule has 0 radical (unpaired) electrons. The van der Waals surface area contributed by atoms with Gasteiger partial charge in [-0.05, 0) is 31.0 Å². The van der Waals surface area contributed by atoms with Crippen LogP contribution in [-0.4, -0.2) is 16.4 Å². The highest BCUT2D eigenvalue weighted by molar-refractivity contribution is 5.41. The summed E-state index contributed by atoms with van der Waals surface area (Å²) in [7, 11) is 0. The largest absolute Gasteiger partial charge is 0.383 e. The molecule has 2 N–H and O–H groups in total. The molecule has 0 bridgehead atoms. The van der Waals surface area contributed by atoms with E-state index in [1.165, 1.54) is 24.0 Å². The summed E-state index contributed by atoms with van der Waals surface area (Å²) in [5.74, 6) is 0.674. The molecule has 1 aromatic heterocycles. The third-order valence-electron chi connectivity index (χ3n) is 3.82. The average Bonchev–Trinajstić information content (AvgIpc) is 2.88. The second-order valence-electron chi connectivity index (χ2n) is 5.09. The van der Waals surface area contributed by atoms with Gasteiger partial charge in [-0.3, -0.25) is 4.90 Å². The Hall–Kier alpha value is -1.87. The standard InChI is InChI=1S/C16H19N3/c17-16-14(8-4-10-18-16)15-9-5-11-19(15)12-13-6-2-1-3-7-13/h1-4,6-8,10,15H,5,9,11-12H2,(H2,17,18)/t15-/m0/s1. The Morgan fingerprint density at radius 1 is 1.16 bits per heavy atom. The van der Waals surface area contributed by atoms with Crippen LogP contribution in [0.5, 0.6) is 0 Å². The molecule has 1 saturated heterocycles. The Morgan fingerprint density at radius 2 is 2.00 bits per heavy atom. The molecular formula is C16H19N3. The lowest BCUT2D eigenvalue weighted by atomic mass is 10.1. The number of likely N-dealkylation sites (tertiary alicyclic amines) is 1. The minimum absolute atomic E-state index is 0.411. The molecule has 1 aliphatic rings. The Kier molecular flexibility index (Phi) is 3.47. The maximum absolute atomic E-state index is 6.02. The second-order valence-corrected chi connectivity index (χ2v) is 5.09. The summed E-state index contributed by atoms with van der Waals surface area (Å²) < 4.78 is 0. The number of nitrogens with two attached hydrogens (primary N) is 1.